The molecule has 0 aromatic carbocycles. The molecule has 24 heavy (non-hydrogen) atoms. The summed E-state index contributed by atoms with van der Waals surface area (Å²) in [6.45, 7) is 2.58. The van der Waals surface area contributed by atoms with Gasteiger partial charge in [0.1, 0.15) is 6.61 Å². The van der Waals surface area contributed by atoms with Gasteiger partial charge in [-0.1, -0.05) is 45.4 Å². The van der Waals surface area contributed by atoms with Crippen molar-refractivity contribution in [2.75, 3.05) is 19.8 Å². The Morgan fingerprint density at radius 1 is 0.958 bits per heavy atom. The van der Waals surface area contributed by atoms with E-state index in [0.717, 1.165) is 19.3 Å². The molecule has 0 rings (SSSR count). The van der Waals surface area contributed by atoms with Crippen LogP contribution in [0.1, 0.15) is 58.3 Å². The molecule has 0 amide bonds. The van der Waals surface area contributed by atoms with Crippen LogP contribution in [0.3, 0.4) is 0 Å². The Morgan fingerprint density at radius 3 is 2.08 bits per heavy atom. The first-order valence-electron chi connectivity index (χ1n) is 8.21. The van der Waals surface area contributed by atoms with E-state index < -0.39 is 33.7 Å². The number of ether oxygens (including phenoxy) is 2. The molecule has 0 saturated heterocycles. The van der Waals surface area contributed by atoms with Crippen LogP contribution in [0.5, 0.6) is 0 Å². The van der Waals surface area contributed by atoms with Crippen LogP contribution >= 0.6 is 0 Å². The molecular weight excluding hydrogens is 340 g/mol. The molecule has 0 aliphatic heterocycles. The maximum absolute atomic E-state index is 11.5. The zero-order valence-corrected chi connectivity index (χ0v) is 14.9. The summed E-state index contributed by atoms with van der Waals surface area (Å²) in [6, 6.07) is 0. The Balaban J connectivity index is 3.75. The molecule has 0 aromatic heterocycles. The molecule has 0 aromatic rings. The fourth-order valence-electron chi connectivity index (χ4n) is 2.03. The van der Waals surface area contributed by atoms with Crippen molar-refractivity contribution in [1.82, 2.24) is 0 Å². The monoisotopic (exact) mass is 368 g/mol. The second-order valence-electron chi connectivity index (χ2n) is 5.50. The third-order valence-corrected chi connectivity index (χ3v) is 4.42. The van der Waals surface area contributed by atoms with Gasteiger partial charge < -0.3 is 14.6 Å². The van der Waals surface area contributed by atoms with Crippen molar-refractivity contribution >= 4 is 22.1 Å². The van der Waals surface area contributed by atoms with Gasteiger partial charge >= 0.3 is 11.9 Å². The minimum Gasteiger partial charge on any atom is -0.481 e. The number of aliphatic carboxylic acids is 1. The highest BCUT2D eigenvalue weighted by Gasteiger charge is 2.34. The minimum absolute atomic E-state index is 0.0901. The molecule has 0 saturated carbocycles. The smallest absolute Gasteiger partial charge is 0.327 e. The first-order valence-corrected chi connectivity index (χ1v) is 9.71. The first kappa shape index (κ1) is 22.8. The Labute approximate surface area is 143 Å². The summed E-state index contributed by atoms with van der Waals surface area (Å²) in [5.74, 6) is -2.82. The third kappa shape index (κ3) is 12.3. The molecule has 0 spiro atoms. The van der Waals surface area contributed by atoms with Crippen LogP contribution in [0.25, 0.3) is 0 Å². The quantitative estimate of drug-likeness (QED) is 0.255. The Kier molecular flexibility index (Phi) is 12.5. The summed E-state index contributed by atoms with van der Waals surface area (Å²) in [4.78, 5) is 22.0. The second-order valence-corrected chi connectivity index (χ2v) is 7.10. The van der Waals surface area contributed by atoms with Crippen molar-refractivity contribution in [1.29, 1.82) is 0 Å². The summed E-state index contributed by atoms with van der Waals surface area (Å²) < 4.78 is 40.7. The van der Waals surface area contributed by atoms with Crippen molar-refractivity contribution in [3.63, 3.8) is 0 Å². The van der Waals surface area contributed by atoms with E-state index in [1.54, 1.807) is 0 Å². The average Bonchev–Trinajstić information content (AvgIpc) is 2.48. The number of unbranched alkanes of at least 4 members (excludes halogenated alkanes) is 6. The summed E-state index contributed by atoms with van der Waals surface area (Å²) >= 11 is 0. The number of esters is 1. The molecule has 2 N–H and O–H groups in total. The van der Waals surface area contributed by atoms with Gasteiger partial charge in [-0.15, -0.1) is 0 Å². The van der Waals surface area contributed by atoms with Gasteiger partial charge in [0, 0.05) is 6.61 Å². The van der Waals surface area contributed by atoms with E-state index in [1.807, 2.05) is 0 Å². The molecule has 8 nitrogen and oxygen atoms in total. The van der Waals surface area contributed by atoms with Crippen LogP contribution in [-0.4, -0.2) is 55.1 Å². The molecular formula is C15H28O8S. The second kappa shape index (κ2) is 13.1. The number of hydrogen-bond acceptors (Lipinski definition) is 6. The van der Waals surface area contributed by atoms with Crippen LogP contribution < -0.4 is 0 Å². The van der Waals surface area contributed by atoms with Gasteiger partial charge in [0.2, 0.25) is 0 Å². The van der Waals surface area contributed by atoms with Crippen molar-refractivity contribution in [3.8, 4) is 0 Å². The lowest BCUT2D eigenvalue weighted by molar-refractivity contribution is -0.148. The van der Waals surface area contributed by atoms with Crippen LogP contribution in [0.4, 0.5) is 0 Å². The van der Waals surface area contributed by atoms with Crippen molar-refractivity contribution < 1.29 is 37.1 Å². The van der Waals surface area contributed by atoms with Crippen LogP contribution in [-0.2, 0) is 29.2 Å². The molecule has 0 aliphatic carbocycles. The van der Waals surface area contributed by atoms with Gasteiger partial charge in [0.05, 0.1) is 13.0 Å². The highest BCUT2D eigenvalue weighted by molar-refractivity contribution is 7.87. The van der Waals surface area contributed by atoms with E-state index in [1.165, 1.54) is 25.7 Å². The van der Waals surface area contributed by atoms with Gasteiger partial charge in [-0.25, -0.2) is 0 Å². The lowest BCUT2D eigenvalue weighted by Gasteiger charge is -2.11. The van der Waals surface area contributed by atoms with E-state index in [4.69, 9.17) is 14.4 Å². The topological polar surface area (TPSA) is 127 Å². The zero-order valence-electron chi connectivity index (χ0n) is 14.1. The van der Waals surface area contributed by atoms with Gasteiger partial charge in [0.25, 0.3) is 10.1 Å². The van der Waals surface area contributed by atoms with Crippen LogP contribution in [0.2, 0.25) is 0 Å². The fourth-order valence-corrected chi connectivity index (χ4v) is 2.69. The molecule has 0 aliphatic rings. The number of carbonyl (C=O) groups is 2. The molecule has 0 bridgehead atoms. The van der Waals surface area contributed by atoms with Gasteiger partial charge in [-0.3, -0.25) is 14.1 Å². The molecule has 9 heteroatoms. The zero-order chi connectivity index (χ0) is 18.4. The van der Waals surface area contributed by atoms with E-state index in [2.05, 4.69) is 11.7 Å². The van der Waals surface area contributed by atoms with Crippen molar-refractivity contribution in [3.05, 3.63) is 0 Å². The lowest BCUT2D eigenvalue weighted by atomic mass is 10.1. The normalized spacial score (nSPS) is 12.8. The number of carbonyl (C=O) groups excluding carboxylic acids is 1. The van der Waals surface area contributed by atoms with E-state index in [0.29, 0.717) is 6.61 Å². The number of carboxylic acid groups (broad SMARTS) is 1. The van der Waals surface area contributed by atoms with Gasteiger partial charge in [-0.05, 0) is 6.42 Å². The third-order valence-electron chi connectivity index (χ3n) is 3.35. The van der Waals surface area contributed by atoms with Crippen LogP contribution in [0, 0.1) is 0 Å². The molecule has 0 heterocycles. The Morgan fingerprint density at radius 2 is 1.54 bits per heavy atom. The summed E-state index contributed by atoms with van der Waals surface area (Å²) in [5, 5.41) is 6.44. The Hall–Kier alpha value is -1.19. The van der Waals surface area contributed by atoms with Crippen LogP contribution in [0.15, 0.2) is 0 Å². The number of hydrogen-bond donors (Lipinski definition) is 2. The molecule has 1 atom stereocenters. The fraction of sp³-hybridized carbons (Fsp3) is 0.867. The highest BCUT2D eigenvalue weighted by atomic mass is 32.2. The maximum Gasteiger partial charge on any atom is 0.327 e. The first-order chi connectivity index (χ1) is 11.3. The van der Waals surface area contributed by atoms with Crippen molar-refractivity contribution in [2.45, 2.75) is 63.5 Å². The SMILES string of the molecule is CCCCCCCCCOCCOC(=O)C(CC(=O)O)S(=O)(=O)O. The number of rotatable bonds is 15. The largest absolute Gasteiger partial charge is 0.481 e. The van der Waals surface area contributed by atoms with Gasteiger partial charge in [0.15, 0.2) is 5.25 Å². The van der Waals surface area contributed by atoms with E-state index >= 15 is 0 Å². The highest BCUT2D eigenvalue weighted by Crippen LogP contribution is 2.08. The predicted octanol–water partition coefficient (Wildman–Crippen LogP) is 2.03. The summed E-state index contributed by atoms with van der Waals surface area (Å²) in [6.07, 6.45) is 7.01. The molecule has 0 radical (unpaired) electrons. The predicted molar refractivity (Wildman–Crippen MR) is 87.4 cm³/mol. The molecule has 142 valence electrons. The molecule has 1 unspecified atom stereocenters. The van der Waals surface area contributed by atoms with E-state index in [9.17, 15) is 18.0 Å². The van der Waals surface area contributed by atoms with Crippen molar-refractivity contribution in [2.24, 2.45) is 0 Å². The average molecular weight is 368 g/mol. The van der Waals surface area contributed by atoms with E-state index in [-0.39, 0.29) is 13.2 Å². The standard InChI is InChI=1S/C15H28O8S/c1-2-3-4-5-6-7-8-9-22-10-11-23-15(18)13(12-14(16)17)24(19,20)21/h13H,2-12H2,1H3,(H,16,17)(H,19,20,21). The summed E-state index contributed by atoms with van der Waals surface area (Å²) in [5.41, 5.74) is 0. The summed E-state index contributed by atoms with van der Waals surface area (Å²) in [7, 11) is -4.82. The van der Waals surface area contributed by atoms with Gasteiger partial charge in [-0.2, -0.15) is 8.42 Å². The lowest BCUT2D eigenvalue weighted by Crippen LogP contribution is -2.34. The molecule has 0 fully saturated rings. The maximum atomic E-state index is 11.5. The number of carboxylic acids is 1. The minimum atomic E-state index is -4.82. The Bertz CT molecular complexity index is 460.